The van der Waals surface area contributed by atoms with Crippen LogP contribution in [0, 0.1) is 0 Å². The topological polar surface area (TPSA) is 118 Å². The number of carbonyl (C=O) groups is 1. The number of H-pyrrole nitrogens is 1. The molecule has 3 N–H and O–H groups in total. The number of anilines is 1. The van der Waals surface area contributed by atoms with E-state index in [1.54, 1.807) is 23.4 Å². The van der Waals surface area contributed by atoms with Crippen LogP contribution in [-0.4, -0.2) is 66.8 Å². The van der Waals surface area contributed by atoms with Crippen molar-refractivity contribution in [3.05, 3.63) is 42.7 Å². The molecule has 2 fully saturated rings. The van der Waals surface area contributed by atoms with Crippen LogP contribution in [0.25, 0.3) is 22.4 Å². The molecule has 0 radical (unpaired) electrons. The van der Waals surface area contributed by atoms with E-state index in [1.165, 1.54) is 0 Å². The molecule has 3 aromatic rings. The van der Waals surface area contributed by atoms with Gasteiger partial charge in [0.05, 0.1) is 11.9 Å². The number of piperidine rings is 1. The van der Waals surface area contributed by atoms with Crippen LogP contribution in [-0.2, 0) is 0 Å². The Labute approximate surface area is 179 Å². The van der Waals surface area contributed by atoms with E-state index in [1.807, 2.05) is 31.3 Å². The molecule has 3 atom stereocenters. The molecule has 9 nitrogen and oxygen atoms in total. The molecule has 0 aliphatic carbocycles. The lowest BCUT2D eigenvalue weighted by molar-refractivity contribution is 0.0965. The first-order chi connectivity index (χ1) is 15.0. The first kappa shape index (κ1) is 19.3. The molecule has 1 amide bonds. The van der Waals surface area contributed by atoms with E-state index in [2.05, 4.69) is 25.3 Å². The number of phenols is 1. The van der Waals surface area contributed by atoms with Crippen molar-refractivity contribution in [2.24, 2.45) is 0 Å². The van der Waals surface area contributed by atoms with Crippen LogP contribution in [0.15, 0.2) is 42.7 Å². The highest BCUT2D eigenvalue weighted by Crippen LogP contribution is 2.38. The maximum Gasteiger partial charge on any atom is 0.407 e. The molecule has 5 rings (SSSR count). The Morgan fingerprint density at radius 1 is 1.13 bits per heavy atom. The number of nitrogens with zero attached hydrogens (tertiary/aromatic N) is 5. The summed E-state index contributed by atoms with van der Waals surface area (Å²) < 4.78 is 0. The van der Waals surface area contributed by atoms with Gasteiger partial charge in [-0.15, -0.1) is 10.2 Å². The fourth-order valence-corrected chi connectivity index (χ4v) is 4.96. The normalized spacial score (nSPS) is 22.5. The highest BCUT2D eigenvalue weighted by Gasteiger charge is 2.44. The van der Waals surface area contributed by atoms with E-state index in [-0.39, 0.29) is 23.9 Å². The van der Waals surface area contributed by atoms with Gasteiger partial charge in [0.1, 0.15) is 5.75 Å². The fraction of sp³-hybridized carbons (Fsp3) is 0.364. The molecule has 2 aliphatic rings. The van der Waals surface area contributed by atoms with Crippen molar-refractivity contribution < 1.29 is 15.0 Å². The Kier molecular flexibility index (Phi) is 4.72. The minimum Gasteiger partial charge on any atom is -0.507 e. The van der Waals surface area contributed by atoms with E-state index in [0.717, 1.165) is 42.6 Å². The van der Waals surface area contributed by atoms with Gasteiger partial charge in [-0.3, -0.25) is 5.10 Å². The zero-order valence-corrected chi connectivity index (χ0v) is 17.1. The Bertz CT molecular complexity index is 1070. The minimum atomic E-state index is -0.809. The Morgan fingerprint density at radius 3 is 2.48 bits per heavy atom. The van der Waals surface area contributed by atoms with E-state index < -0.39 is 6.09 Å². The third kappa shape index (κ3) is 3.45. The van der Waals surface area contributed by atoms with Crippen LogP contribution in [0.5, 0.6) is 5.75 Å². The van der Waals surface area contributed by atoms with Crippen molar-refractivity contribution in [1.82, 2.24) is 25.3 Å². The molecule has 1 aromatic carbocycles. The number of carboxylic acid groups (broad SMARTS) is 1. The number of phenolic OH excluding ortho intramolecular Hbond substituents is 1. The van der Waals surface area contributed by atoms with E-state index in [4.69, 9.17) is 0 Å². The number of hydrogen-bond donors (Lipinski definition) is 3. The summed E-state index contributed by atoms with van der Waals surface area (Å²) in [5.41, 5.74) is 2.96. The number of nitrogens with one attached hydrogen (secondary N) is 1. The van der Waals surface area contributed by atoms with Gasteiger partial charge in [0.2, 0.25) is 0 Å². The summed E-state index contributed by atoms with van der Waals surface area (Å²) in [6.07, 6.45) is 6.13. The number of aromatic hydroxyl groups is 1. The first-order valence-corrected chi connectivity index (χ1v) is 10.4. The molecular formula is C22H24N6O3. The number of aromatic nitrogens is 4. The lowest BCUT2D eigenvalue weighted by atomic mass is 9.96. The van der Waals surface area contributed by atoms with Gasteiger partial charge in [-0.2, -0.15) is 5.10 Å². The van der Waals surface area contributed by atoms with Gasteiger partial charge < -0.3 is 20.0 Å². The second kappa shape index (κ2) is 7.57. The van der Waals surface area contributed by atoms with Crippen molar-refractivity contribution in [1.29, 1.82) is 0 Å². The lowest BCUT2D eigenvalue weighted by Gasteiger charge is -2.41. The Balaban J connectivity index is 1.32. The van der Waals surface area contributed by atoms with Crippen molar-refractivity contribution >= 4 is 11.9 Å². The highest BCUT2D eigenvalue weighted by molar-refractivity contribution is 5.74. The second-order valence-electron chi connectivity index (χ2n) is 8.31. The van der Waals surface area contributed by atoms with Crippen LogP contribution in [0.1, 0.15) is 25.7 Å². The molecule has 2 aromatic heterocycles. The molecule has 0 saturated carbocycles. The summed E-state index contributed by atoms with van der Waals surface area (Å²) in [5, 5.41) is 35.4. The summed E-state index contributed by atoms with van der Waals surface area (Å²) in [4.78, 5) is 15.2. The Morgan fingerprint density at radius 2 is 1.90 bits per heavy atom. The molecule has 2 saturated heterocycles. The second-order valence-corrected chi connectivity index (χ2v) is 8.31. The number of fused-ring (bicyclic) bond motifs is 2. The summed E-state index contributed by atoms with van der Waals surface area (Å²) in [6.45, 7) is 0. The number of amides is 1. The molecule has 1 unspecified atom stereocenters. The lowest BCUT2D eigenvalue weighted by Crippen LogP contribution is -2.51. The maximum absolute atomic E-state index is 11.5. The van der Waals surface area contributed by atoms with Gasteiger partial charge in [0.15, 0.2) is 5.82 Å². The van der Waals surface area contributed by atoms with Gasteiger partial charge >= 0.3 is 6.09 Å². The van der Waals surface area contributed by atoms with Gasteiger partial charge in [-0.25, -0.2) is 4.79 Å². The molecular weight excluding hydrogens is 396 g/mol. The van der Waals surface area contributed by atoms with E-state index >= 15 is 0 Å². The number of aromatic amines is 1. The Hall–Kier alpha value is -3.62. The summed E-state index contributed by atoms with van der Waals surface area (Å²) >= 11 is 0. The zero-order chi connectivity index (χ0) is 21.5. The van der Waals surface area contributed by atoms with Crippen LogP contribution >= 0.6 is 0 Å². The van der Waals surface area contributed by atoms with Crippen molar-refractivity contribution in [2.45, 2.75) is 43.8 Å². The van der Waals surface area contributed by atoms with Crippen molar-refractivity contribution in [3.8, 4) is 28.1 Å². The number of rotatable bonds is 4. The van der Waals surface area contributed by atoms with Gasteiger partial charge in [0, 0.05) is 42.5 Å². The zero-order valence-electron chi connectivity index (χ0n) is 17.1. The van der Waals surface area contributed by atoms with Crippen molar-refractivity contribution in [3.63, 3.8) is 0 Å². The SMILES string of the molecule is CN(c1ccc(-c2ccc(-c3cn[nH]c3)cc2O)nn1)C1C[C@H]2CC[C@@H](C1)N2C(=O)O. The standard InChI is InChI=1S/C22H24N6O3/c1-27(17-9-15-3-4-16(10-17)28(15)22(30)31)21-7-6-19(25-26-21)18-5-2-13(8-20(18)29)14-11-23-24-12-14/h2,5-8,11-12,15-17,29H,3-4,9-10H2,1H3,(H,23,24)(H,30,31)/t15-,16+,17?. The van der Waals surface area contributed by atoms with Crippen LogP contribution in [0.4, 0.5) is 10.6 Å². The summed E-state index contributed by atoms with van der Waals surface area (Å²) in [6, 6.07) is 9.58. The molecule has 2 bridgehead atoms. The molecule has 0 spiro atoms. The number of hydrogen-bond acceptors (Lipinski definition) is 6. The third-order valence-corrected chi connectivity index (χ3v) is 6.59. The van der Waals surface area contributed by atoms with Crippen LogP contribution in [0.3, 0.4) is 0 Å². The molecule has 9 heteroatoms. The van der Waals surface area contributed by atoms with Gasteiger partial charge in [0.25, 0.3) is 0 Å². The highest BCUT2D eigenvalue weighted by atomic mass is 16.4. The molecule has 4 heterocycles. The van der Waals surface area contributed by atoms with E-state index in [9.17, 15) is 15.0 Å². The van der Waals surface area contributed by atoms with Crippen LogP contribution in [0.2, 0.25) is 0 Å². The smallest absolute Gasteiger partial charge is 0.407 e. The predicted octanol–water partition coefficient (Wildman–Crippen LogP) is 3.35. The summed E-state index contributed by atoms with van der Waals surface area (Å²) in [5.74, 6) is 0.873. The molecule has 31 heavy (non-hydrogen) atoms. The molecule has 2 aliphatic heterocycles. The van der Waals surface area contributed by atoms with Gasteiger partial charge in [-0.1, -0.05) is 6.07 Å². The van der Waals surface area contributed by atoms with E-state index in [0.29, 0.717) is 11.3 Å². The summed E-state index contributed by atoms with van der Waals surface area (Å²) in [7, 11) is 1.99. The quantitative estimate of drug-likeness (QED) is 0.592. The third-order valence-electron chi connectivity index (χ3n) is 6.59. The molecule has 160 valence electrons. The minimum absolute atomic E-state index is 0.0848. The monoisotopic (exact) mass is 420 g/mol. The first-order valence-electron chi connectivity index (χ1n) is 10.4. The maximum atomic E-state index is 11.5. The average molecular weight is 420 g/mol. The number of benzene rings is 1. The predicted molar refractivity (Wildman–Crippen MR) is 115 cm³/mol. The fourth-order valence-electron chi connectivity index (χ4n) is 4.96. The van der Waals surface area contributed by atoms with Crippen LogP contribution < -0.4 is 4.90 Å². The largest absolute Gasteiger partial charge is 0.507 e. The van der Waals surface area contributed by atoms with Crippen molar-refractivity contribution in [2.75, 3.05) is 11.9 Å². The average Bonchev–Trinajstić information content (AvgIpc) is 3.40. The van der Waals surface area contributed by atoms with Gasteiger partial charge in [-0.05, 0) is 55.5 Å².